The van der Waals surface area contributed by atoms with Crippen LogP contribution in [0.15, 0.2) is 48.5 Å². The lowest BCUT2D eigenvalue weighted by atomic mass is 10.1. The molecule has 3 aromatic heterocycles. The van der Waals surface area contributed by atoms with Crippen molar-refractivity contribution < 1.29 is 4.79 Å². The van der Waals surface area contributed by atoms with Crippen LogP contribution >= 0.6 is 0 Å². The second-order valence-corrected chi connectivity index (χ2v) is 7.87. The van der Waals surface area contributed by atoms with E-state index in [1.165, 1.54) is 5.56 Å². The number of anilines is 1. The maximum absolute atomic E-state index is 11.9. The zero-order chi connectivity index (χ0) is 21.5. The molecule has 0 radical (unpaired) electrons. The number of benzene rings is 1. The molecule has 1 aliphatic rings. The van der Waals surface area contributed by atoms with Crippen molar-refractivity contribution in [1.82, 2.24) is 24.5 Å². The average Bonchev–Trinajstić information content (AvgIpc) is 3.30. The number of hydrogen-bond donors (Lipinski definition) is 2. The standard InChI is InChI=1S/C23H23N7O/c1-14-20(18-9-6-10-19(21(24)31)30(18)28-14)23-26-17-13-29(2)12-16(17)22(27-23)25-11-15-7-4-3-5-8-15/h3-10H,11-13H2,1-2H3,(H2,24,31)(H,25,26,27). The molecule has 0 aliphatic carbocycles. The van der Waals surface area contributed by atoms with Crippen molar-refractivity contribution in [2.24, 2.45) is 5.73 Å². The average molecular weight is 413 g/mol. The number of aromatic nitrogens is 4. The molecule has 0 atom stereocenters. The second kappa shape index (κ2) is 7.48. The minimum absolute atomic E-state index is 0.329. The van der Waals surface area contributed by atoms with Crippen molar-refractivity contribution >= 4 is 17.2 Å². The van der Waals surface area contributed by atoms with Crippen molar-refractivity contribution in [3.63, 3.8) is 0 Å². The fraction of sp³-hybridized carbons (Fsp3) is 0.217. The highest BCUT2D eigenvalue weighted by Crippen LogP contribution is 2.32. The molecule has 8 nitrogen and oxygen atoms in total. The highest BCUT2D eigenvalue weighted by Gasteiger charge is 2.25. The summed E-state index contributed by atoms with van der Waals surface area (Å²) in [6, 6.07) is 15.6. The molecule has 1 amide bonds. The number of nitrogens with one attached hydrogen (secondary N) is 1. The van der Waals surface area contributed by atoms with Gasteiger partial charge in [-0.2, -0.15) is 5.10 Å². The van der Waals surface area contributed by atoms with Gasteiger partial charge in [-0.05, 0) is 31.7 Å². The van der Waals surface area contributed by atoms with Crippen molar-refractivity contribution in [1.29, 1.82) is 0 Å². The second-order valence-electron chi connectivity index (χ2n) is 7.87. The van der Waals surface area contributed by atoms with Crippen molar-refractivity contribution in [2.75, 3.05) is 12.4 Å². The van der Waals surface area contributed by atoms with Gasteiger partial charge >= 0.3 is 0 Å². The molecular formula is C23H23N7O. The number of pyridine rings is 1. The predicted molar refractivity (Wildman–Crippen MR) is 118 cm³/mol. The van der Waals surface area contributed by atoms with E-state index in [-0.39, 0.29) is 0 Å². The highest BCUT2D eigenvalue weighted by molar-refractivity contribution is 5.93. The van der Waals surface area contributed by atoms with Crippen LogP contribution in [0.5, 0.6) is 0 Å². The van der Waals surface area contributed by atoms with E-state index in [9.17, 15) is 4.79 Å². The quantitative estimate of drug-likeness (QED) is 0.522. The molecule has 1 aliphatic heterocycles. The van der Waals surface area contributed by atoms with Crippen LogP contribution in [0.1, 0.15) is 33.0 Å². The molecular weight excluding hydrogens is 390 g/mol. The number of nitrogens with two attached hydrogens (primary N) is 1. The first-order chi connectivity index (χ1) is 15.0. The zero-order valence-corrected chi connectivity index (χ0v) is 17.5. The number of nitrogens with zero attached hydrogens (tertiary/aromatic N) is 5. The molecule has 5 rings (SSSR count). The van der Waals surface area contributed by atoms with Crippen LogP contribution in [0.25, 0.3) is 16.9 Å². The Morgan fingerprint density at radius 1 is 1.10 bits per heavy atom. The summed E-state index contributed by atoms with van der Waals surface area (Å²) < 4.78 is 1.58. The van der Waals surface area contributed by atoms with Gasteiger partial charge in [-0.25, -0.2) is 14.5 Å². The third-order valence-corrected chi connectivity index (χ3v) is 5.55. The predicted octanol–water partition coefficient (Wildman–Crippen LogP) is 2.76. The fourth-order valence-electron chi connectivity index (χ4n) is 4.10. The van der Waals surface area contributed by atoms with Crippen molar-refractivity contribution in [3.8, 4) is 11.4 Å². The molecule has 0 unspecified atom stereocenters. The van der Waals surface area contributed by atoms with Gasteiger partial charge in [-0.3, -0.25) is 9.69 Å². The first-order valence-corrected chi connectivity index (χ1v) is 10.2. The van der Waals surface area contributed by atoms with Crippen molar-refractivity contribution in [2.45, 2.75) is 26.6 Å². The molecule has 0 saturated carbocycles. The first kappa shape index (κ1) is 19.2. The summed E-state index contributed by atoms with van der Waals surface area (Å²) in [5.74, 6) is 0.901. The largest absolute Gasteiger partial charge is 0.366 e. The van der Waals surface area contributed by atoms with Crippen molar-refractivity contribution in [3.05, 3.63) is 76.7 Å². The Hall–Kier alpha value is -3.78. The first-order valence-electron chi connectivity index (χ1n) is 10.2. The molecule has 4 aromatic rings. The summed E-state index contributed by atoms with van der Waals surface area (Å²) in [5.41, 5.74) is 11.5. The Morgan fingerprint density at radius 3 is 2.68 bits per heavy atom. The summed E-state index contributed by atoms with van der Waals surface area (Å²) in [7, 11) is 2.07. The number of hydrogen-bond acceptors (Lipinski definition) is 6. The Kier molecular flexibility index (Phi) is 4.63. The van der Waals surface area contributed by atoms with Gasteiger partial charge in [0.25, 0.3) is 5.91 Å². The summed E-state index contributed by atoms with van der Waals surface area (Å²) in [4.78, 5) is 23.9. The van der Waals surface area contributed by atoms with E-state index in [2.05, 4.69) is 34.5 Å². The maximum atomic E-state index is 11.9. The van der Waals surface area contributed by atoms with Crippen LogP contribution in [0.4, 0.5) is 5.82 Å². The van der Waals surface area contributed by atoms with Crippen LogP contribution in [0.3, 0.4) is 0 Å². The maximum Gasteiger partial charge on any atom is 0.267 e. The van der Waals surface area contributed by atoms with Crippen LogP contribution in [-0.2, 0) is 19.6 Å². The van der Waals surface area contributed by atoms with Gasteiger partial charge in [0.2, 0.25) is 0 Å². The summed E-state index contributed by atoms with van der Waals surface area (Å²) in [5, 5.41) is 8.05. The number of fused-ring (bicyclic) bond motifs is 2. The molecule has 0 spiro atoms. The summed E-state index contributed by atoms with van der Waals surface area (Å²) >= 11 is 0. The Labute approximate surface area is 179 Å². The van der Waals surface area contributed by atoms with E-state index in [0.29, 0.717) is 18.1 Å². The molecule has 3 N–H and O–H groups in total. The Morgan fingerprint density at radius 2 is 1.90 bits per heavy atom. The fourth-order valence-corrected chi connectivity index (χ4v) is 4.10. The minimum atomic E-state index is -0.527. The topological polar surface area (TPSA) is 101 Å². The SMILES string of the molecule is Cc1nn2c(C(N)=O)cccc2c1-c1nc2c(c(NCc3ccccc3)n1)CN(C)C2. The van der Waals surface area contributed by atoms with E-state index in [1.807, 2.05) is 31.2 Å². The summed E-state index contributed by atoms with van der Waals surface area (Å²) in [6.45, 7) is 4.13. The molecule has 0 fully saturated rings. The molecule has 1 aromatic carbocycles. The number of primary amides is 1. The van der Waals surface area contributed by atoms with Gasteiger partial charge in [-0.15, -0.1) is 0 Å². The smallest absolute Gasteiger partial charge is 0.267 e. The van der Waals surface area contributed by atoms with E-state index < -0.39 is 5.91 Å². The number of amides is 1. The zero-order valence-electron chi connectivity index (χ0n) is 17.5. The van der Waals surface area contributed by atoms with E-state index in [4.69, 9.17) is 15.7 Å². The Balaban J connectivity index is 1.62. The van der Waals surface area contributed by atoms with Gasteiger partial charge in [0, 0.05) is 25.2 Å². The van der Waals surface area contributed by atoms with Crippen LogP contribution in [-0.4, -0.2) is 37.4 Å². The molecule has 4 heterocycles. The third-order valence-electron chi connectivity index (χ3n) is 5.55. The number of carbonyl (C=O) groups excluding carboxylic acids is 1. The molecule has 0 bridgehead atoms. The van der Waals surface area contributed by atoms with E-state index in [0.717, 1.165) is 46.9 Å². The lowest BCUT2D eigenvalue weighted by Crippen LogP contribution is -2.15. The normalized spacial score (nSPS) is 13.5. The lowest BCUT2D eigenvalue weighted by Gasteiger charge is -2.12. The van der Waals surface area contributed by atoms with Gasteiger partial charge in [-0.1, -0.05) is 36.4 Å². The van der Waals surface area contributed by atoms with Crippen LogP contribution in [0, 0.1) is 6.92 Å². The molecule has 31 heavy (non-hydrogen) atoms. The number of aryl methyl sites for hydroxylation is 1. The molecule has 8 heteroatoms. The van der Waals surface area contributed by atoms with Gasteiger partial charge in [0.1, 0.15) is 11.5 Å². The number of rotatable bonds is 5. The summed E-state index contributed by atoms with van der Waals surface area (Å²) in [6.07, 6.45) is 0. The highest BCUT2D eigenvalue weighted by atomic mass is 16.1. The minimum Gasteiger partial charge on any atom is -0.366 e. The lowest BCUT2D eigenvalue weighted by molar-refractivity contribution is 0.0993. The van der Waals surface area contributed by atoms with Gasteiger partial charge < -0.3 is 11.1 Å². The van der Waals surface area contributed by atoms with Crippen LogP contribution < -0.4 is 11.1 Å². The number of carbonyl (C=O) groups is 1. The third kappa shape index (κ3) is 3.40. The Bertz CT molecular complexity index is 1300. The van der Waals surface area contributed by atoms with Gasteiger partial charge in [0.15, 0.2) is 5.82 Å². The van der Waals surface area contributed by atoms with Crippen LogP contribution in [0.2, 0.25) is 0 Å². The molecule has 156 valence electrons. The van der Waals surface area contributed by atoms with Gasteiger partial charge in [0.05, 0.1) is 22.5 Å². The molecule has 0 saturated heterocycles. The monoisotopic (exact) mass is 413 g/mol. The van der Waals surface area contributed by atoms with E-state index in [1.54, 1.807) is 16.6 Å². The van der Waals surface area contributed by atoms with E-state index >= 15 is 0 Å².